The Morgan fingerprint density at radius 1 is 1.35 bits per heavy atom. The van der Waals surface area contributed by atoms with Crippen LogP contribution in [-0.4, -0.2) is 81.3 Å². The highest BCUT2D eigenvalue weighted by atomic mass is 32.2. The van der Waals surface area contributed by atoms with Gasteiger partial charge in [-0.2, -0.15) is 0 Å². The molecule has 3 heterocycles. The van der Waals surface area contributed by atoms with Gasteiger partial charge in [0.2, 0.25) is 15.9 Å². The second-order valence-corrected chi connectivity index (χ2v) is 8.91. The molecular weight excluding hydrogens is 360 g/mol. The highest BCUT2D eigenvalue weighted by Gasteiger charge is 2.40. The van der Waals surface area contributed by atoms with Crippen LogP contribution in [0.5, 0.6) is 0 Å². The molecule has 1 aromatic rings. The van der Waals surface area contributed by atoms with E-state index in [4.69, 9.17) is 9.26 Å². The van der Waals surface area contributed by atoms with Crippen LogP contribution in [0.2, 0.25) is 0 Å². The number of aryl methyl sites for hydroxylation is 2. The van der Waals surface area contributed by atoms with E-state index in [0.717, 1.165) is 0 Å². The maximum absolute atomic E-state index is 12.7. The predicted octanol–water partition coefficient (Wildman–Crippen LogP) is -0.110. The van der Waals surface area contributed by atoms with Crippen molar-refractivity contribution in [1.29, 1.82) is 0 Å². The maximum Gasteiger partial charge on any atom is 0.246 e. The van der Waals surface area contributed by atoms with Gasteiger partial charge in [-0.25, -0.2) is 13.1 Å². The molecule has 0 bridgehead atoms. The number of carbonyl (C=O) groups is 1. The fourth-order valence-corrected chi connectivity index (χ4v) is 5.23. The number of amides is 1. The van der Waals surface area contributed by atoms with Gasteiger partial charge in [0.15, 0.2) is 5.76 Å². The number of aromatic nitrogens is 1. The van der Waals surface area contributed by atoms with Crippen LogP contribution in [0.3, 0.4) is 0 Å². The van der Waals surface area contributed by atoms with Crippen molar-refractivity contribution in [2.75, 3.05) is 33.8 Å². The summed E-state index contributed by atoms with van der Waals surface area (Å²) in [6, 6.07) is -0.0383. The Balaban J connectivity index is 1.61. The Morgan fingerprint density at radius 2 is 2.08 bits per heavy atom. The van der Waals surface area contributed by atoms with E-state index in [2.05, 4.69) is 14.8 Å². The number of rotatable bonds is 5. The minimum atomic E-state index is -3.68. The third-order valence-electron chi connectivity index (χ3n) is 4.95. The quantitative estimate of drug-likeness (QED) is 0.753. The van der Waals surface area contributed by atoms with E-state index in [1.165, 1.54) is 0 Å². The number of nitrogens with zero attached hydrogens (tertiary/aromatic N) is 3. The number of ether oxygens (including phenoxy) is 1. The fourth-order valence-electron chi connectivity index (χ4n) is 3.67. The first-order valence-electron chi connectivity index (χ1n) is 8.68. The van der Waals surface area contributed by atoms with Crippen molar-refractivity contribution in [3.8, 4) is 0 Å². The number of fused-ring (bicyclic) bond motifs is 1. The maximum atomic E-state index is 12.7. The number of hydrogen-bond donors (Lipinski definition) is 1. The van der Waals surface area contributed by atoms with E-state index in [1.54, 1.807) is 32.8 Å². The first kappa shape index (κ1) is 19.3. The SMILES string of the molecule is Cc1noc(C)c1S(=O)(=O)N[C@@H]1C[C@H]2CO[C@@H](CC(=O)N(C)C)CN2C1. The lowest BCUT2D eigenvalue weighted by Gasteiger charge is -2.35. The monoisotopic (exact) mass is 386 g/mol. The Labute approximate surface area is 153 Å². The fraction of sp³-hybridized carbons (Fsp3) is 0.750. The highest BCUT2D eigenvalue weighted by molar-refractivity contribution is 7.89. The molecule has 2 fully saturated rings. The van der Waals surface area contributed by atoms with E-state index in [1.807, 2.05) is 0 Å². The number of carbonyl (C=O) groups excluding carboxylic acids is 1. The summed E-state index contributed by atoms with van der Waals surface area (Å²) in [7, 11) is -0.232. The van der Waals surface area contributed by atoms with Crippen molar-refractivity contribution < 1.29 is 22.5 Å². The van der Waals surface area contributed by atoms with Gasteiger partial charge >= 0.3 is 0 Å². The smallest absolute Gasteiger partial charge is 0.246 e. The summed E-state index contributed by atoms with van der Waals surface area (Å²) < 4.78 is 38.9. The molecule has 26 heavy (non-hydrogen) atoms. The molecule has 0 radical (unpaired) electrons. The zero-order valence-corrected chi connectivity index (χ0v) is 16.4. The highest BCUT2D eigenvalue weighted by Crippen LogP contribution is 2.26. The summed E-state index contributed by atoms with van der Waals surface area (Å²) in [5.41, 5.74) is 0.358. The van der Waals surface area contributed by atoms with Crippen molar-refractivity contribution in [2.24, 2.45) is 0 Å². The summed E-state index contributed by atoms with van der Waals surface area (Å²) in [4.78, 5) is 15.8. The molecule has 0 saturated carbocycles. The number of hydrogen-bond acceptors (Lipinski definition) is 7. The molecule has 9 nitrogen and oxygen atoms in total. The molecule has 3 atom stereocenters. The minimum absolute atomic E-state index is 0.0308. The molecule has 0 unspecified atom stereocenters. The standard InChI is InChI=1S/C16H26N4O5S/c1-10-16(11(2)25-17-10)26(22,23)18-12-5-13-9-24-14(8-20(13)7-12)6-15(21)19(3)4/h12-14,18H,5-9H2,1-4H3/t12-,13+,14+/m1/s1. The summed E-state index contributed by atoms with van der Waals surface area (Å²) in [5, 5.41) is 3.72. The zero-order chi connectivity index (χ0) is 19.1. The number of nitrogens with one attached hydrogen (secondary N) is 1. The van der Waals surface area contributed by atoms with Gasteiger partial charge in [-0.1, -0.05) is 5.16 Å². The van der Waals surface area contributed by atoms with Crippen molar-refractivity contribution in [3.05, 3.63) is 11.5 Å². The second kappa shape index (κ2) is 7.26. The molecule has 2 saturated heterocycles. The summed E-state index contributed by atoms with van der Waals surface area (Å²) in [5.74, 6) is 0.319. The average molecular weight is 386 g/mol. The first-order chi connectivity index (χ1) is 12.2. The lowest BCUT2D eigenvalue weighted by Crippen LogP contribution is -2.47. The normalized spacial score (nSPS) is 26.7. The van der Waals surface area contributed by atoms with Crippen LogP contribution in [0.15, 0.2) is 9.42 Å². The summed E-state index contributed by atoms with van der Waals surface area (Å²) >= 11 is 0. The Morgan fingerprint density at radius 3 is 2.69 bits per heavy atom. The molecule has 2 aliphatic rings. The molecule has 3 rings (SSSR count). The van der Waals surface area contributed by atoms with Crippen molar-refractivity contribution in [3.63, 3.8) is 0 Å². The largest absolute Gasteiger partial charge is 0.375 e. The number of morpholine rings is 1. The number of sulfonamides is 1. The zero-order valence-electron chi connectivity index (χ0n) is 15.6. The van der Waals surface area contributed by atoms with Crippen LogP contribution in [-0.2, 0) is 19.6 Å². The average Bonchev–Trinajstić information content (AvgIpc) is 3.08. The topological polar surface area (TPSA) is 105 Å². The van der Waals surface area contributed by atoms with Gasteiger partial charge in [-0.15, -0.1) is 0 Å². The third kappa shape index (κ3) is 3.93. The van der Waals surface area contributed by atoms with Crippen LogP contribution in [0.25, 0.3) is 0 Å². The van der Waals surface area contributed by atoms with Crippen LogP contribution < -0.4 is 4.72 Å². The summed E-state index contributed by atoms with van der Waals surface area (Å²) in [6.45, 7) is 4.95. The van der Waals surface area contributed by atoms with Gasteiger partial charge < -0.3 is 14.2 Å². The molecule has 10 heteroatoms. The van der Waals surface area contributed by atoms with Gasteiger partial charge in [0.1, 0.15) is 10.6 Å². The van der Waals surface area contributed by atoms with Gasteiger partial charge in [-0.3, -0.25) is 9.69 Å². The van der Waals surface area contributed by atoms with Crippen molar-refractivity contribution in [1.82, 2.24) is 19.7 Å². The lowest BCUT2D eigenvalue weighted by atomic mass is 10.1. The first-order valence-corrected chi connectivity index (χ1v) is 10.2. The van der Waals surface area contributed by atoms with Crippen LogP contribution in [0.1, 0.15) is 24.3 Å². The van der Waals surface area contributed by atoms with Gasteiger partial charge in [0.25, 0.3) is 0 Å². The van der Waals surface area contributed by atoms with Gasteiger partial charge in [0, 0.05) is 39.3 Å². The predicted molar refractivity (Wildman–Crippen MR) is 93.1 cm³/mol. The second-order valence-electron chi connectivity index (χ2n) is 7.26. The van der Waals surface area contributed by atoms with E-state index in [0.29, 0.717) is 38.2 Å². The summed E-state index contributed by atoms with van der Waals surface area (Å²) in [6.07, 6.45) is 0.863. The van der Waals surface area contributed by atoms with Crippen molar-refractivity contribution in [2.45, 2.75) is 49.8 Å². The van der Waals surface area contributed by atoms with E-state index < -0.39 is 10.0 Å². The molecule has 0 spiro atoms. The molecule has 2 aliphatic heterocycles. The molecule has 0 aromatic carbocycles. The van der Waals surface area contributed by atoms with Crippen LogP contribution in [0, 0.1) is 13.8 Å². The Hall–Kier alpha value is -1.49. The van der Waals surface area contributed by atoms with Gasteiger partial charge in [-0.05, 0) is 20.3 Å². The Bertz CT molecular complexity index is 756. The molecule has 1 aromatic heterocycles. The molecule has 1 amide bonds. The molecule has 1 N–H and O–H groups in total. The van der Waals surface area contributed by atoms with Crippen LogP contribution >= 0.6 is 0 Å². The lowest BCUT2D eigenvalue weighted by molar-refractivity contribution is -0.134. The molecular formula is C16H26N4O5S. The van der Waals surface area contributed by atoms with E-state index in [-0.39, 0.29) is 34.8 Å². The van der Waals surface area contributed by atoms with Gasteiger partial charge in [0.05, 0.1) is 19.1 Å². The minimum Gasteiger partial charge on any atom is -0.375 e. The molecule has 146 valence electrons. The van der Waals surface area contributed by atoms with Crippen LogP contribution in [0.4, 0.5) is 0 Å². The van der Waals surface area contributed by atoms with E-state index >= 15 is 0 Å². The Kier molecular flexibility index (Phi) is 5.38. The van der Waals surface area contributed by atoms with Crippen molar-refractivity contribution >= 4 is 15.9 Å². The molecule has 0 aliphatic carbocycles. The third-order valence-corrected chi connectivity index (χ3v) is 6.71. The van der Waals surface area contributed by atoms with E-state index in [9.17, 15) is 13.2 Å².